The maximum absolute atomic E-state index is 13.3. The van der Waals surface area contributed by atoms with Gasteiger partial charge in [-0.15, -0.1) is 0 Å². The summed E-state index contributed by atoms with van der Waals surface area (Å²) in [5, 5.41) is 3.23. The van der Waals surface area contributed by atoms with Gasteiger partial charge >= 0.3 is 0 Å². The van der Waals surface area contributed by atoms with Crippen LogP contribution in [0.3, 0.4) is 0 Å². The molecular weight excluding hydrogens is 420 g/mol. The Labute approximate surface area is 182 Å². The molecule has 0 saturated heterocycles. The van der Waals surface area contributed by atoms with Crippen molar-refractivity contribution in [2.45, 2.75) is 25.7 Å². The Morgan fingerprint density at radius 3 is 2.27 bits per heavy atom. The van der Waals surface area contributed by atoms with Gasteiger partial charge < -0.3 is 5.32 Å². The first kappa shape index (κ1) is 21.9. The lowest BCUT2D eigenvalue weighted by Gasteiger charge is -2.24. The fourth-order valence-electron chi connectivity index (χ4n) is 2.98. The second kappa shape index (κ2) is 8.90. The number of rotatable bonds is 6. The normalized spacial score (nSPS) is 11.2. The minimum absolute atomic E-state index is 0.0624. The average Bonchev–Trinajstić information content (AvgIpc) is 2.69. The number of hydrogen-bond acceptors (Lipinski definition) is 3. The monoisotopic (exact) mass is 442 g/mol. The van der Waals surface area contributed by atoms with Crippen molar-refractivity contribution in [1.29, 1.82) is 0 Å². The molecule has 0 fully saturated rings. The van der Waals surface area contributed by atoms with Crippen LogP contribution < -0.4 is 9.62 Å². The molecule has 5 nitrogen and oxygen atoms in total. The van der Waals surface area contributed by atoms with Crippen molar-refractivity contribution in [3.8, 4) is 0 Å². The first-order valence-corrected chi connectivity index (χ1v) is 11.2. The third-order valence-electron chi connectivity index (χ3n) is 4.77. The van der Waals surface area contributed by atoms with Crippen molar-refractivity contribution in [2.24, 2.45) is 0 Å². The number of halogens is 1. The Kier molecular flexibility index (Phi) is 6.48. The van der Waals surface area contributed by atoms with Crippen molar-refractivity contribution in [2.75, 3.05) is 16.2 Å². The van der Waals surface area contributed by atoms with E-state index in [1.165, 1.54) is 24.3 Å². The number of amides is 1. The van der Waals surface area contributed by atoms with Crippen LogP contribution in [0.15, 0.2) is 71.6 Å². The molecule has 3 rings (SSSR count). The standard InChI is InChI=1S/C23H23ClN2O3S/c1-16-5-4-6-21(13-16)26(30(28,29)22-11-8-19(24)9-12-22)15-23(27)25-20-10-7-17(2)18(3)14-20/h4-14H,15H2,1-3H3,(H,25,27). The molecule has 1 amide bonds. The van der Waals surface area contributed by atoms with Crippen LogP contribution in [0.25, 0.3) is 0 Å². The lowest BCUT2D eigenvalue weighted by Crippen LogP contribution is -2.38. The summed E-state index contributed by atoms with van der Waals surface area (Å²) in [7, 11) is -3.98. The number of sulfonamides is 1. The van der Waals surface area contributed by atoms with Gasteiger partial charge in [0.2, 0.25) is 5.91 Å². The molecule has 0 bridgehead atoms. The summed E-state index contributed by atoms with van der Waals surface area (Å²) in [5.74, 6) is -0.433. The van der Waals surface area contributed by atoms with E-state index >= 15 is 0 Å². The largest absolute Gasteiger partial charge is 0.325 e. The highest BCUT2D eigenvalue weighted by Crippen LogP contribution is 2.25. The van der Waals surface area contributed by atoms with E-state index in [9.17, 15) is 13.2 Å². The summed E-state index contributed by atoms with van der Waals surface area (Å²) >= 11 is 5.91. The minimum atomic E-state index is -3.98. The summed E-state index contributed by atoms with van der Waals surface area (Å²) in [5.41, 5.74) is 4.08. The van der Waals surface area contributed by atoms with Gasteiger partial charge in [-0.3, -0.25) is 9.10 Å². The molecule has 0 aliphatic carbocycles. The van der Waals surface area contributed by atoms with Crippen LogP contribution in [0.2, 0.25) is 5.02 Å². The van der Waals surface area contributed by atoms with Crippen molar-refractivity contribution < 1.29 is 13.2 Å². The third kappa shape index (κ3) is 5.01. The van der Waals surface area contributed by atoms with E-state index in [2.05, 4.69) is 5.32 Å². The fraction of sp³-hybridized carbons (Fsp3) is 0.174. The SMILES string of the molecule is Cc1cccc(N(CC(=O)Nc2ccc(C)c(C)c2)S(=O)(=O)c2ccc(Cl)cc2)c1. The van der Waals surface area contributed by atoms with E-state index in [1.54, 1.807) is 24.3 Å². The molecule has 0 radical (unpaired) electrons. The summed E-state index contributed by atoms with van der Waals surface area (Å²) < 4.78 is 27.8. The van der Waals surface area contributed by atoms with E-state index in [0.717, 1.165) is 21.0 Å². The lowest BCUT2D eigenvalue weighted by molar-refractivity contribution is -0.114. The van der Waals surface area contributed by atoms with Gasteiger partial charge in [0.15, 0.2) is 0 Å². The van der Waals surface area contributed by atoms with Gasteiger partial charge in [0, 0.05) is 10.7 Å². The summed E-state index contributed by atoms with van der Waals surface area (Å²) in [6, 6.07) is 18.5. The van der Waals surface area contributed by atoms with Gasteiger partial charge in [-0.2, -0.15) is 0 Å². The zero-order chi connectivity index (χ0) is 21.9. The van der Waals surface area contributed by atoms with E-state index in [4.69, 9.17) is 11.6 Å². The Balaban J connectivity index is 1.94. The molecule has 0 aliphatic heterocycles. The lowest BCUT2D eigenvalue weighted by atomic mass is 10.1. The number of hydrogen-bond donors (Lipinski definition) is 1. The number of benzene rings is 3. The topological polar surface area (TPSA) is 66.5 Å². The average molecular weight is 443 g/mol. The maximum Gasteiger partial charge on any atom is 0.264 e. The molecule has 0 spiro atoms. The third-order valence-corrected chi connectivity index (χ3v) is 6.81. The zero-order valence-corrected chi connectivity index (χ0v) is 18.6. The Morgan fingerprint density at radius 1 is 0.933 bits per heavy atom. The number of carbonyl (C=O) groups is 1. The minimum Gasteiger partial charge on any atom is -0.325 e. The van der Waals surface area contributed by atoms with Gasteiger partial charge in [0.05, 0.1) is 10.6 Å². The highest BCUT2D eigenvalue weighted by molar-refractivity contribution is 7.92. The number of nitrogens with one attached hydrogen (secondary N) is 1. The van der Waals surface area contributed by atoms with Gasteiger partial charge in [0.25, 0.3) is 10.0 Å². The molecule has 0 saturated carbocycles. The molecule has 1 N–H and O–H groups in total. The smallest absolute Gasteiger partial charge is 0.264 e. The van der Waals surface area contributed by atoms with Gasteiger partial charge in [-0.1, -0.05) is 29.8 Å². The molecule has 0 atom stereocenters. The number of carbonyl (C=O) groups excluding carboxylic acids is 1. The first-order chi connectivity index (χ1) is 14.2. The molecule has 0 heterocycles. The quantitative estimate of drug-likeness (QED) is 0.577. The zero-order valence-electron chi connectivity index (χ0n) is 17.0. The summed E-state index contributed by atoms with van der Waals surface area (Å²) in [6.45, 7) is 5.45. The predicted molar refractivity (Wildman–Crippen MR) is 122 cm³/mol. The molecule has 7 heteroatoms. The van der Waals surface area contributed by atoms with Crippen molar-refractivity contribution in [3.63, 3.8) is 0 Å². The van der Waals surface area contributed by atoms with Crippen LogP contribution in [-0.2, 0) is 14.8 Å². The highest BCUT2D eigenvalue weighted by atomic mass is 35.5. The number of anilines is 2. The summed E-state index contributed by atoms with van der Waals surface area (Å²) in [4.78, 5) is 12.8. The van der Waals surface area contributed by atoms with Gasteiger partial charge in [-0.25, -0.2) is 8.42 Å². The second-order valence-electron chi connectivity index (χ2n) is 7.15. The van der Waals surface area contributed by atoms with Crippen molar-refractivity contribution >= 4 is 38.9 Å². The van der Waals surface area contributed by atoms with Gasteiger partial charge in [0.1, 0.15) is 6.54 Å². The molecule has 156 valence electrons. The number of aryl methyl sites for hydroxylation is 3. The van der Waals surface area contributed by atoms with Crippen molar-refractivity contribution in [3.05, 3.63) is 88.4 Å². The second-order valence-corrected chi connectivity index (χ2v) is 9.45. The fourth-order valence-corrected chi connectivity index (χ4v) is 4.52. The highest BCUT2D eigenvalue weighted by Gasteiger charge is 2.27. The van der Waals surface area contributed by atoms with Gasteiger partial charge in [-0.05, 0) is 86.0 Å². The molecular formula is C23H23ClN2O3S. The molecule has 3 aromatic carbocycles. The Hall–Kier alpha value is -2.83. The first-order valence-electron chi connectivity index (χ1n) is 9.39. The molecule has 3 aromatic rings. The molecule has 0 aromatic heterocycles. The Morgan fingerprint density at radius 2 is 1.63 bits per heavy atom. The Bertz CT molecular complexity index is 1180. The van der Waals surface area contributed by atoms with Crippen molar-refractivity contribution in [1.82, 2.24) is 0 Å². The van der Waals surface area contributed by atoms with E-state index in [1.807, 2.05) is 39.0 Å². The van der Waals surface area contributed by atoms with E-state index in [0.29, 0.717) is 16.4 Å². The van der Waals surface area contributed by atoms with Crippen LogP contribution in [0.4, 0.5) is 11.4 Å². The summed E-state index contributed by atoms with van der Waals surface area (Å²) in [6.07, 6.45) is 0. The maximum atomic E-state index is 13.3. The molecule has 0 unspecified atom stereocenters. The number of nitrogens with zero attached hydrogens (tertiary/aromatic N) is 1. The molecule has 30 heavy (non-hydrogen) atoms. The van der Waals surface area contributed by atoms with Crippen LogP contribution in [-0.4, -0.2) is 20.9 Å². The predicted octanol–water partition coefficient (Wildman–Crippen LogP) is 5.10. The molecule has 0 aliphatic rings. The van der Waals surface area contributed by atoms with E-state index < -0.39 is 15.9 Å². The van der Waals surface area contributed by atoms with Crippen LogP contribution in [0, 0.1) is 20.8 Å². The van der Waals surface area contributed by atoms with Crippen LogP contribution in [0.1, 0.15) is 16.7 Å². The van der Waals surface area contributed by atoms with Crippen LogP contribution in [0.5, 0.6) is 0 Å². The van der Waals surface area contributed by atoms with Crippen LogP contribution >= 0.6 is 11.6 Å². The van der Waals surface area contributed by atoms with E-state index in [-0.39, 0.29) is 11.4 Å².